The van der Waals surface area contributed by atoms with Crippen molar-refractivity contribution < 1.29 is 14.8 Å². The van der Waals surface area contributed by atoms with Crippen molar-refractivity contribution in [1.29, 1.82) is 0 Å². The van der Waals surface area contributed by atoms with Crippen LogP contribution in [0.5, 0.6) is 0 Å². The summed E-state index contributed by atoms with van der Waals surface area (Å²) in [6.07, 6.45) is 0.768. The highest BCUT2D eigenvalue weighted by molar-refractivity contribution is 5.50. The Kier molecular flexibility index (Phi) is 1.20. The second kappa shape index (κ2) is 2.32. The molecule has 0 N–H and O–H groups in total. The fourth-order valence-corrected chi connectivity index (χ4v) is 9.07. The van der Waals surface area contributed by atoms with Crippen LogP contribution in [0.3, 0.4) is 0 Å². The van der Waals surface area contributed by atoms with Gasteiger partial charge in [-0.2, -0.15) is 0 Å². The van der Waals surface area contributed by atoms with Crippen LogP contribution in [0, 0.1) is 71.8 Å². The second-order valence-electron chi connectivity index (χ2n) is 7.78. The van der Waals surface area contributed by atoms with Crippen LogP contribution in [-0.4, -0.2) is 31.4 Å². The molecule has 7 saturated carbocycles. The van der Waals surface area contributed by atoms with Crippen LogP contribution in [0.4, 0.5) is 0 Å². The van der Waals surface area contributed by atoms with Crippen molar-refractivity contribution in [3.05, 3.63) is 30.3 Å². The molecule has 21 heavy (non-hydrogen) atoms. The van der Waals surface area contributed by atoms with Crippen molar-refractivity contribution in [2.45, 2.75) is 29.5 Å². The maximum Gasteiger partial charge on any atom is 0.304 e. The summed E-state index contributed by atoms with van der Waals surface area (Å²) in [7, 11) is 0. The lowest BCUT2D eigenvalue weighted by Crippen LogP contribution is -2.68. The van der Waals surface area contributed by atoms with Crippen molar-refractivity contribution in [2.24, 2.45) is 41.4 Å². The van der Waals surface area contributed by atoms with Gasteiger partial charge in [-0.25, -0.2) is 0 Å². The summed E-state index contributed by atoms with van der Waals surface area (Å²) in [4.78, 5) is 34.5. The Morgan fingerprint density at radius 1 is 0.762 bits per heavy atom. The quantitative estimate of drug-likeness (QED) is 0.540. The standard InChI is InChI=1S/C12H11N3O6/c16-13(17)10-6-2-5-9(10)7-3-1-4(8(7)10)12(6,15(20)21)11(3,5)14(18)19/h3-9H,1-2H2. The maximum absolute atomic E-state index is 12.0. The van der Waals surface area contributed by atoms with E-state index < -0.39 is 44.2 Å². The number of hydrogen-bond acceptors (Lipinski definition) is 6. The van der Waals surface area contributed by atoms with Gasteiger partial charge in [0, 0.05) is 44.4 Å². The lowest BCUT2D eigenvalue weighted by molar-refractivity contribution is -0.700. The van der Waals surface area contributed by atoms with E-state index in [1.54, 1.807) is 0 Å². The Bertz CT molecular complexity index is 696. The van der Waals surface area contributed by atoms with Crippen molar-refractivity contribution in [3.63, 3.8) is 0 Å². The summed E-state index contributed by atoms with van der Waals surface area (Å²) < 4.78 is 0. The van der Waals surface area contributed by atoms with E-state index in [0.717, 1.165) is 0 Å². The van der Waals surface area contributed by atoms with Gasteiger partial charge in [0.25, 0.3) is 5.54 Å². The summed E-state index contributed by atoms with van der Waals surface area (Å²) in [5, 5.41) is 35.7. The number of hydrogen-bond donors (Lipinski definition) is 0. The van der Waals surface area contributed by atoms with E-state index in [2.05, 4.69) is 0 Å². The molecule has 7 rings (SSSR count). The van der Waals surface area contributed by atoms with Gasteiger partial charge in [-0.05, 0) is 18.8 Å². The molecule has 0 saturated heterocycles. The van der Waals surface area contributed by atoms with E-state index in [1.807, 2.05) is 0 Å². The fraction of sp³-hybridized carbons (Fsp3) is 1.00. The Labute approximate surface area is 117 Å². The van der Waals surface area contributed by atoms with Crippen LogP contribution < -0.4 is 0 Å². The van der Waals surface area contributed by atoms with Crippen LogP contribution in [0.25, 0.3) is 0 Å². The molecule has 0 aromatic heterocycles. The third kappa shape index (κ3) is 0.527. The zero-order valence-corrected chi connectivity index (χ0v) is 10.7. The van der Waals surface area contributed by atoms with Crippen LogP contribution in [0.15, 0.2) is 0 Å². The molecule has 10 unspecified atom stereocenters. The average molecular weight is 293 g/mol. The van der Waals surface area contributed by atoms with E-state index in [-0.39, 0.29) is 28.6 Å². The number of nitrogens with zero attached hydrogens (tertiary/aromatic N) is 3. The summed E-state index contributed by atoms with van der Waals surface area (Å²) in [5.41, 5.74) is -4.38. The van der Waals surface area contributed by atoms with E-state index in [4.69, 9.17) is 0 Å². The van der Waals surface area contributed by atoms with Gasteiger partial charge in [-0.1, -0.05) is 0 Å². The van der Waals surface area contributed by atoms with Gasteiger partial charge in [0.15, 0.2) is 0 Å². The van der Waals surface area contributed by atoms with Crippen LogP contribution in [-0.2, 0) is 0 Å². The van der Waals surface area contributed by atoms with E-state index in [0.29, 0.717) is 12.8 Å². The second-order valence-corrected chi connectivity index (χ2v) is 7.78. The van der Waals surface area contributed by atoms with Gasteiger partial charge in [0.1, 0.15) is 5.92 Å². The largest absolute Gasteiger partial charge is 0.304 e. The lowest BCUT2D eigenvalue weighted by Gasteiger charge is -2.46. The summed E-state index contributed by atoms with van der Waals surface area (Å²) >= 11 is 0. The zero-order chi connectivity index (χ0) is 14.7. The minimum absolute atomic E-state index is 0.00336. The predicted molar refractivity (Wildman–Crippen MR) is 62.8 cm³/mol. The van der Waals surface area contributed by atoms with E-state index >= 15 is 0 Å². The molecular weight excluding hydrogens is 282 g/mol. The Morgan fingerprint density at radius 3 is 1.86 bits per heavy atom. The first kappa shape index (κ1) is 10.9. The third-order valence-corrected chi connectivity index (χ3v) is 8.57. The van der Waals surface area contributed by atoms with Gasteiger partial charge >= 0.3 is 5.54 Å². The Morgan fingerprint density at radius 2 is 1.33 bits per heavy atom. The number of rotatable bonds is 3. The lowest BCUT2D eigenvalue weighted by atomic mass is 9.54. The molecular formula is C12H11N3O6. The molecule has 7 fully saturated rings. The molecule has 10 atom stereocenters. The smallest absolute Gasteiger partial charge is 0.264 e. The summed E-state index contributed by atoms with van der Waals surface area (Å²) in [6.45, 7) is 0. The van der Waals surface area contributed by atoms with Crippen molar-refractivity contribution >= 4 is 0 Å². The van der Waals surface area contributed by atoms with Crippen LogP contribution >= 0.6 is 0 Å². The van der Waals surface area contributed by atoms with E-state index in [1.165, 1.54) is 0 Å². The Balaban J connectivity index is 1.77. The maximum atomic E-state index is 12.0. The molecule has 9 heteroatoms. The minimum atomic E-state index is -1.66. The first-order chi connectivity index (χ1) is 9.90. The molecule has 0 aromatic carbocycles. The Hall–Kier alpha value is -1.80. The molecule has 0 radical (unpaired) electrons. The van der Waals surface area contributed by atoms with Crippen molar-refractivity contribution in [3.8, 4) is 0 Å². The molecule has 7 aliphatic rings. The minimum Gasteiger partial charge on any atom is -0.264 e. The normalized spacial score (nSPS) is 68.9. The first-order valence-electron chi connectivity index (χ1n) is 7.34. The highest BCUT2D eigenvalue weighted by atomic mass is 16.7. The highest BCUT2D eigenvalue weighted by Gasteiger charge is 3.15. The predicted octanol–water partition coefficient (Wildman–Crippen LogP) is 0.208. The van der Waals surface area contributed by atoms with Gasteiger partial charge in [0.2, 0.25) is 5.54 Å². The zero-order valence-electron chi connectivity index (χ0n) is 10.7. The van der Waals surface area contributed by atoms with Crippen LogP contribution in [0.2, 0.25) is 0 Å². The molecule has 0 spiro atoms. The van der Waals surface area contributed by atoms with Crippen molar-refractivity contribution in [2.75, 3.05) is 0 Å². The first-order valence-corrected chi connectivity index (χ1v) is 7.34. The molecule has 0 heterocycles. The number of nitro groups is 3. The fourth-order valence-electron chi connectivity index (χ4n) is 9.07. The molecule has 110 valence electrons. The monoisotopic (exact) mass is 293 g/mol. The third-order valence-electron chi connectivity index (χ3n) is 8.57. The van der Waals surface area contributed by atoms with Gasteiger partial charge in [0.05, 0.1) is 0 Å². The molecule has 0 aliphatic heterocycles. The molecule has 0 aromatic rings. The molecule has 4 bridgehead atoms. The average Bonchev–Trinajstić information content (AvgIpc) is 2.97. The molecule has 7 aliphatic carbocycles. The summed E-state index contributed by atoms with van der Waals surface area (Å²) in [6, 6.07) is 0. The highest BCUT2D eigenvalue weighted by Crippen LogP contribution is 2.95. The summed E-state index contributed by atoms with van der Waals surface area (Å²) in [5.74, 6) is -2.50. The van der Waals surface area contributed by atoms with Gasteiger partial charge in [-0.15, -0.1) is 0 Å². The van der Waals surface area contributed by atoms with Gasteiger partial charge < -0.3 is 0 Å². The van der Waals surface area contributed by atoms with E-state index in [9.17, 15) is 30.3 Å². The SMILES string of the molecule is O=[N+]([O-])C12C3C4C1C1CC4C4([N+](=O)[O-])C3CC2C14[N+](=O)[O-]. The van der Waals surface area contributed by atoms with Crippen molar-refractivity contribution in [1.82, 2.24) is 0 Å². The van der Waals surface area contributed by atoms with Crippen LogP contribution in [0.1, 0.15) is 12.8 Å². The molecule has 0 amide bonds. The van der Waals surface area contributed by atoms with Gasteiger partial charge in [-0.3, -0.25) is 30.3 Å². The molecule has 9 nitrogen and oxygen atoms in total. The topological polar surface area (TPSA) is 129 Å².